The van der Waals surface area contributed by atoms with Crippen molar-refractivity contribution in [3.8, 4) is 0 Å². The second-order valence-corrected chi connectivity index (χ2v) is 12.0. The van der Waals surface area contributed by atoms with E-state index >= 15 is 0 Å². The third-order valence-corrected chi connectivity index (χ3v) is 9.16. The van der Waals surface area contributed by atoms with E-state index in [0.717, 1.165) is 17.4 Å². The smallest absolute Gasteiger partial charge is 0.372 e. The molecule has 2 unspecified atom stereocenters. The quantitative estimate of drug-likeness (QED) is 0.0925. The van der Waals surface area contributed by atoms with Crippen LogP contribution in [-0.4, -0.2) is 114 Å². The predicted molar refractivity (Wildman–Crippen MR) is 143 cm³/mol. The minimum absolute atomic E-state index is 0.0128. The SMILES string of the molecule is CC1=C2C=C(O)C(O)=CN2S(=O)(=O)N1C1CC(C(=O)O)(N2OC[C@H](NC(=O)/C(=N\OCC(=O)O)c3csc(N)n3)C2=O)OC1=O. The summed E-state index contributed by atoms with van der Waals surface area (Å²) in [5, 5.41) is 45.7. The summed E-state index contributed by atoms with van der Waals surface area (Å²) < 4.78 is 32.8. The average molecular weight is 672 g/mol. The van der Waals surface area contributed by atoms with Gasteiger partial charge in [-0.3, -0.25) is 14.4 Å². The summed E-state index contributed by atoms with van der Waals surface area (Å²) in [6.07, 6.45) is 0.612. The van der Waals surface area contributed by atoms with Crippen molar-refractivity contribution in [1.29, 1.82) is 0 Å². The number of carbonyl (C=O) groups excluding carboxylic acids is 3. The van der Waals surface area contributed by atoms with Crippen molar-refractivity contribution in [2.75, 3.05) is 18.9 Å². The molecule has 0 radical (unpaired) electrons. The molecule has 23 heteroatoms. The number of hydroxylamine groups is 2. The van der Waals surface area contributed by atoms with E-state index < -0.39 is 94.6 Å². The lowest BCUT2D eigenvalue weighted by Crippen LogP contribution is -2.57. The molecule has 0 saturated carbocycles. The number of ether oxygens (including phenoxy) is 1. The van der Waals surface area contributed by atoms with Crippen molar-refractivity contribution in [2.24, 2.45) is 5.16 Å². The van der Waals surface area contributed by atoms with E-state index in [1.165, 1.54) is 12.3 Å². The lowest BCUT2D eigenvalue weighted by Gasteiger charge is -2.31. The number of thiazole rings is 1. The number of fused-ring (bicyclic) bond motifs is 1. The number of esters is 1. The minimum atomic E-state index is -4.67. The molecule has 45 heavy (non-hydrogen) atoms. The highest BCUT2D eigenvalue weighted by atomic mass is 32.2. The minimum Gasteiger partial charge on any atom is -0.504 e. The topological polar surface area (TPSA) is 301 Å². The van der Waals surface area contributed by atoms with Crippen LogP contribution in [0.15, 0.2) is 45.7 Å². The number of carboxylic acid groups (broad SMARTS) is 2. The molecule has 5 rings (SSSR count). The van der Waals surface area contributed by atoms with Gasteiger partial charge in [-0.05, 0) is 6.92 Å². The highest BCUT2D eigenvalue weighted by Gasteiger charge is 2.65. The normalized spacial score (nSPS) is 26.0. The molecule has 1 aromatic heterocycles. The van der Waals surface area contributed by atoms with Crippen LogP contribution in [0.5, 0.6) is 0 Å². The van der Waals surface area contributed by atoms with Gasteiger partial charge in [0.15, 0.2) is 28.4 Å². The van der Waals surface area contributed by atoms with Crippen molar-refractivity contribution in [2.45, 2.75) is 31.2 Å². The standard InChI is InChI=1S/C22H21N7O14S2/c1-8-11-2-13(30)14(31)4-27(11)45(39,40)28(8)12-3-22(20(37)38,43-19(12)36)29-18(35)9(5-42-29)24-17(34)16(26-41-6-15(32)33)10-7-44-21(23)25-10/h2,4,7,9,12,30-31H,3,5-6H2,1H3,(H2,23,25)(H,24,34)(H,32,33)(H,37,38)/b26-16-/t9-,12?,22?/m0/s1. The van der Waals surface area contributed by atoms with E-state index in [4.69, 9.17) is 20.4 Å². The molecule has 3 atom stereocenters. The van der Waals surface area contributed by atoms with Gasteiger partial charge in [0.05, 0.1) is 24.0 Å². The van der Waals surface area contributed by atoms with Gasteiger partial charge in [-0.2, -0.15) is 13.5 Å². The molecule has 0 spiro atoms. The molecule has 21 nitrogen and oxygen atoms in total. The van der Waals surface area contributed by atoms with Crippen LogP contribution in [0.25, 0.3) is 0 Å². The van der Waals surface area contributed by atoms with E-state index in [-0.39, 0.29) is 27.3 Å². The fraction of sp³-hybridized carbons (Fsp3) is 0.318. The van der Waals surface area contributed by atoms with Crippen molar-refractivity contribution in [3.05, 3.63) is 46.3 Å². The van der Waals surface area contributed by atoms with Crippen molar-refractivity contribution in [3.63, 3.8) is 0 Å². The number of anilines is 1. The molecular formula is C22H21N7O14S2. The number of oxime groups is 1. The van der Waals surface area contributed by atoms with Crippen LogP contribution in [-0.2, 0) is 48.6 Å². The van der Waals surface area contributed by atoms with E-state index in [1.54, 1.807) is 0 Å². The highest BCUT2D eigenvalue weighted by Crippen LogP contribution is 2.43. The number of nitrogens with two attached hydrogens (primary N) is 1. The van der Waals surface area contributed by atoms with Gasteiger partial charge in [-0.15, -0.1) is 11.3 Å². The number of carboxylic acids is 2. The van der Waals surface area contributed by atoms with Gasteiger partial charge in [0.2, 0.25) is 6.61 Å². The molecule has 7 N–H and O–H groups in total. The van der Waals surface area contributed by atoms with Gasteiger partial charge in [0.1, 0.15) is 18.3 Å². The lowest BCUT2D eigenvalue weighted by molar-refractivity contribution is -0.256. The van der Waals surface area contributed by atoms with Crippen LogP contribution in [0.3, 0.4) is 0 Å². The van der Waals surface area contributed by atoms with Crippen molar-refractivity contribution < 1.29 is 67.2 Å². The third kappa shape index (κ3) is 5.10. The number of allylic oxidation sites excluding steroid dienone is 2. The molecule has 240 valence electrons. The number of aliphatic carboxylic acids is 2. The molecule has 2 fully saturated rings. The fourth-order valence-electron chi connectivity index (χ4n) is 4.68. The maximum atomic E-state index is 13.3. The van der Waals surface area contributed by atoms with Crippen molar-refractivity contribution in [1.82, 2.24) is 24.0 Å². The molecule has 4 aliphatic heterocycles. The number of cyclic esters (lactones) is 1. The number of amides is 2. The highest BCUT2D eigenvalue weighted by molar-refractivity contribution is 7.87. The first-order chi connectivity index (χ1) is 21.1. The number of hydrogen-bond acceptors (Lipinski definition) is 16. The second-order valence-electron chi connectivity index (χ2n) is 9.48. The third-order valence-electron chi connectivity index (χ3n) is 6.67. The number of nitrogen functional groups attached to an aromatic ring is 1. The molecular weight excluding hydrogens is 650 g/mol. The number of nitrogens with one attached hydrogen (secondary N) is 1. The number of hydrogen-bond donors (Lipinski definition) is 6. The Kier molecular flexibility index (Phi) is 7.54. The van der Waals surface area contributed by atoms with Crippen LogP contribution in [0, 0.1) is 0 Å². The first-order valence-corrected chi connectivity index (χ1v) is 14.6. The van der Waals surface area contributed by atoms with Gasteiger partial charge >= 0.3 is 33.8 Å². The number of aliphatic hydroxyl groups excluding tert-OH is 2. The summed E-state index contributed by atoms with van der Waals surface area (Å²) in [7, 11) is -4.67. The molecule has 0 aromatic carbocycles. The van der Waals surface area contributed by atoms with Crippen LogP contribution in [0.1, 0.15) is 19.0 Å². The Morgan fingerprint density at radius 1 is 1.27 bits per heavy atom. The van der Waals surface area contributed by atoms with Gasteiger partial charge in [-0.25, -0.2) is 28.0 Å². The second kappa shape index (κ2) is 10.9. The van der Waals surface area contributed by atoms with E-state index in [9.17, 15) is 47.7 Å². The zero-order chi connectivity index (χ0) is 33.0. The van der Waals surface area contributed by atoms with Crippen LogP contribution < -0.4 is 11.1 Å². The van der Waals surface area contributed by atoms with Crippen LogP contribution in [0.4, 0.5) is 5.13 Å². The Morgan fingerprint density at radius 2 is 1.98 bits per heavy atom. The Hall–Kier alpha value is -5.42. The monoisotopic (exact) mass is 671 g/mol. The van der Waals surface area contributed by atoms with E-state index in [2.05, 4.69) is 20.3 Å². The van der Waals surface area contributed by atoms with E-state index in [1.807, 2.05) is 0 Å². The molecule has 1 aromatic rings. The van der Waals surface area contributed by atoms with Gasteiger partial charge in [-0.1, -0.05) is 5.16 Å². The first kappa shape index (κ1) is 31.0. The average Bonchev–Trinajstić information content (AvgIpc) is 3.68. The first-order valence-electron chi connectivity index (χ1n) is 12.3. The van der Waals surface area contributed by atoms with Crippen molar-refractivity contribution >= 4 is 62.1 Å². The molecule has 2 saturated heterocycles. The maximum absolute atomic E-state index is 13.3. The maximum Gasteiger partial charge on any atom is 0.372 e. The van der Waals surface area contributed by atoms with E-state index in [0.29, 0.717) is 14.8 Å². The largest absolute Gasteiger partial charge is 0.504 e. The summed E-state index contributed by atoms with van der Waals surface area (Å²) in [5.74, 6) is -8.53. The molecule has 0 bridgehead atoms. The summed E-state index contributed by atoms with van der Waals surface area (Å²) in [6.45, 7) is -0.366. The van der Waals surface area contributed by atoms with Gasteiger partial charge in [0.25, 0.3) is 11.8 Å². The zero-order valence-electron chi connectivity index (χ0n) is 22.5. The Morgan fingerprint density at radius 3 is 2.60 bits per heavy atom. The Bertz CT molecular complexity index is 1770. The molecule has 2 amide bonds. The molecule has 0 aliphatic carbocycles. The molecule has 5 heterocycles. The summed E-state index contributed by atoms with van der Waals surface area (Å²) in [5.41, 5.74) is 1.65. The lowest BCUT2D eigenvalue weighted by atomic mass is 10.1. The predicted octanol–water partition coefficient (Wildman–Crippen LogP) is -2.17. The van der Waals surface area contributed by atoms with Gasteiger partial charge < -0.3 is 41.1 Å². The fourth-order valence-corrected chi connectivity index (χ4v) is 7.00. The summed E-state index contributed by atoms with van der Waals surface area (Å²) in [6, 6.07) is -3.47. The van der Waals surface area contributed by atoms with Crippen LogP contribution >= 0.6 is 11.3 Å². The molecule has 4 aliphatic rings. The zero-order valence-corrected chi connectivity index (χ0v) is 24.1. The Labute approximate surface area is 254 Å². The number of carbonyl (C=O) groups is 5. The number of rotatable bonds is 9. The van der Waals surface area contributed by atoms with Gasteiger partial charge in [0, 0.05) is 11.5 Å². The number of nitrogens with zero attached hydrogens (tertiary/aromatic N) is 5. The number of aromatic nitrogens is 1. The summed E-state index contributed by atoms with van der Waals surface area (Å²) >= 11 is 0.907. The van der Waals surface area contributed by atoms with Crippen LogP contribution in [0.2, 0.25) is 0 Å². The number of aliphatic hydroxyl groups is 2. The Balaban J connectivity index is 1.39. The summed E-state index contributed by atoms with van der Waals surface area (Å²) in [4.78, 5) is 76.5.